The molecular formula is C21H32N4O3S. The first kappa shape index (κ1) is 20.6. The van der Waals surface area contributed by atoms with E-state index in [0.717, 1.165) is 29.9 Å². The summed E-state index contributed by atoms with van der Waals surface area (Å²) in [5.41, 5.74) is 2.11. The molecule has 2 aliphatic heterocycles. The van der Waals surface area contributed by atoms with Crippen molar-refractivity contribution in [1.82, 2.24) is 9.29 Å². The van der Waals surface area contributed by atoms with Crippen LogP contribution >= 0.6 is 0 Å². The van der Waals surface area contributed by atoms with Gasteiger partial charge in [0.05, 0.1) is 5.71 Å². The van der Waals surface area contributed by atoms with Gasteiger partial charge in [-0.3, -0.25) is 0 Å². The van der Waals surface area contributed by atoms with E-state index >= 15 is 0 Å². The van der Waals surface area contributed by atoms with Crippen LogP contribution in [0.5, 0.6) is 0 Å². The van der Waals surface area contributed by atoms with E-state index in [1.54, 1.807) is 0 Å². The lowest BCUT2D eigenvalue weighted by molar-refractivity contribution is 0.172. The summed E-state index contributed by atoms with van der Waals surface area (Å²) in [6, 6.07) is 2.24. The fraction of sp³-hybridized carbons (Fsp3) is 0.714. The Kier molecular flexibility index (Phi) is 5.36. The van der Waals surface area contributed by atoms with Crippen LogP contribution in [0.4, 0.5) is 5.82 Å². The van der Waals surface area contributed by atoms with Crippen LogP contribution in [0.15, 0.2) is 22.3 Å². The number of hydrogen-bond donors (Lipinski definition) is 1. The molecule has 8 heteroatoms. The van der Waals surface area contributed by atoms with Crippen molar-refractivity contribution in [3.8, 4) is 0 Å². The van der Waals surface area contributed by atoms with Crippen molar-refractivity contribution in [2.75, 3.05) is 25.0 Å². The molecule has 2 atom stereocenters. The van der Waals surface area contributed by atoms with E-state index in [1.165, 1.54) is 23.3 Å². The highest BCUT2D eigenvalue weighted by Gasteiger charge is 2.41. The first-order valence-corrected chi connectivity index (χ1v) is 12.0. The maximum Gasteiger partial charge on any atom is 0.244 e. The molecule has 0 radical (unpaired) electrons. The smallest absolute Gasteiger partial charge is 0.244 e. The van der Waals surface area contributed by atoms with Crippen LogP contribution < -0.4 is 5.32 Å². The van der Waals surface area contributed by atoms with Gasteiger partial charge in [-0.15, -0.1) is 0 Å². The zero-order valence-corrected chi connectivity index (χ0v) is 18.6. The fourth-order valence-corrected chi connectivity index (χ4v) is 6.51. The van der Waals surface area contributed by atoms with Crippen molar-refractivity contribution in [2.45, 2.75) is 64.3 Å². The Balaban J connectivity index is 1.42. The molecular weight excluding hydrogens is 388 g/mol. The summed E-state index contributed by atoms with van der Waals surface area (Å²) < 4.78 is 27.5. The van der Waals surface area contributed by atoms with Gasteiger partial charge < -0.3 is 10.2 Å². The second-order valence-electron chi connectivity index (χ2n) is 9.65. The van der Waals surface area contributed by atoms with Crippen LogP contribution in [0.1, 0.15) is 52.0 Å². The van der Waals surface area contributed by atoms with Gasteiger partial charge in [0.15, 0.2) is 0 Å². The molecule has 29 heavy (non-hydrogen) atoms. The number of oxime groups is 1. The molecule has 3 aliphatic rings. The third-order valence-electron chi connectivity index (χ3n) is 6.66. The monoisotopic (exact) mass is 420 g/mol. The largest absolute Gasteiger partial charge is 0.395 e. The maximum atomic E-state index is 13.0. The lowest BCUT2D eigenvalue weighted by Crippen LogP contribution is -2.52. The van der Waals surface area contributed by atoms with Gasteiger partial charge in [-0.05, 0) is 49.1 Å². The Hall–Kier alpha value is -1.67. The minimum atomic E-state index is -3.52. The Labute approximate surface area is 174 Å². The number of pyridine rings is 1. The van der Waals surface area contributed by atoms with Crippen LogP contribution in [0, 0.1) is 24.2 Å². The summed E-state index contributed by atoms with van der Waals surface area (Å²) in [6.07, 6.45) is 5.79. The van der Waals surface area contributed by atoms with Crippen molar-refractivity contribution in [2.24, 2.45) is 22.4 Å². The minimum absolute atomic E-state index is 0.179. The second kappa shape index (κ2) is 7.54. The zero-order chi connectivity index (χ0) is 20.8. The number of aromatic nitrogens is 1. The highest BCUT2D eigenvalue weighted by Crippen LogP contribution is 2.39. The topological polar surface area (TPSA) is 83.9 Å². The molecule has 1 N–H and O–H groups in total. The van der Waals surface area contributed by atoms with Crippen molar-refractivity contribution in [3.05, 3.63) is 17.8 Å². The van der Waals surface area contributed by atoms with Gasteiger partial charge in [-0.25, -0.2) is 13.4 Å². The summed E-state index contributed by atoms with van der Waals surface area (Å²) in [6.45, 7) is 10.3. The summed E-state index contributed by atoms with van der Waals surface area (Å²) in [7, 11) is -3.52. The molecule has 1 aromatic rings. The van der Waals surface area contributed by atoms with Crippen LogP contribution in [0.25, 0.3) is 0 Å². The predicted molar refractivity (Wildman–Crippen MR) is 113 cm³/mol. The highest BCUT2D eigenvalue weighted by atomic mass is 32.2. The number of nitrogens with one attached hydrogen (secondary N) is 1. The summed E-state index contributed by atoms with van der Waals surface area (Å²) >= 11 is 0. The summed E-state index contributed by atoms with van der Waals surface area (Å²) in [4.78, 5) is 9.78. The van der Waals surface area contributed by atoms with Gasteiger partial charge in [0, 0.05) is 37.7 Å². The van der Waals surface area contributed by atoms with E-state index in [9.17, 15) is 8.42 Å². The number of anilines is 1. The van der Waals surface area contributed by atoms with Gasteiger partial charge in [0.2, 0.25) is 10.0 Å². The highest BCUT2D eigenvalue weighted by molar-refractivity contribution is 7.89. The Morgan fingerprint density at radius 1 is 1.31 bits per heavy atom. The first-order valence-electron chi connectivity index (χ1n) is 10.6. The molecule has 2 fully saturated rings. The number of sulfonamides is 1. The molecule has 0 aromatic carbocycles. The molecule has 7 nitrogen and oxygen atoms in total. The van der Waals surface area contributed by atoms with E-state index in [2.05, 4.69) is 36.2 Å². The molecule has 0 bridgehead atoms. The number of hydrogen-bond acceptors (Lipinski definition) is 6. The van der Waals surface area contributed by atoms with Gasteiger partial charge in [-0.2, -0.15) is 4.31 Å². The molecule has 160 valence electrons. The molecule has 1 saturated carbocycles. The van der Waals surface area contributed by atoms with E-state index in [0.29, 0.717) is 42.0 Å². The standard InChI is InChI=1S/C21H32N4O3S/c1-14-9-20(23-17-5-7-21(3,4)10-15(17)2)22-11-19(14)29(26,27)25-12-16(13-25)18-6-8-28-24-18/h9,11,15-17H,5-8,10,12-13H2,1-4H3,(H,22,23). The average molecular weight is 421 g/mol. The predicted octanol–water partition coefficient (Wildman–Crippen LogP) is 3.41. The Bertz CT molecular complexity index is 907. The second-order valence-corrected chi connectivity index (χ2v) is 11.6. The van der Waals surface area contributed by atoms with E-state index in [4.69, 9.17) is 4.84 Å². The summed E-state index contributed by atoms with van der Waals surface area (Å²) in [5.74, 6) is 1.50. The molecule has 3 heterocycles. The van der Waals surface area contributed by atoms with E-state index in [1.807, 2.05) is 13.0 Å². The fourth-order valence-electron chi connectivity index (χ4n) is 4.83. The van der Waals surface area contributed by atoms with Gasteiger partial charge in [0.1, 0.15) is 17.3 Å². The summed E-state index contributed by atoms with van der Waals surface area (Å²) in [5, 5.41) is 7.56. The molecule has 1 aliphatic carbocycles. The molecule has 0 amide bonds. The third kappa shape index (κ3) is 4.14. The van der Waals surface area contributed by atoms with Crippen LogP contribution in [-0.4, -0.2) is 49.2 Å². The third-order valence-corrected chi connectivity index (χ3v) is 8.62. The normalized spacial score (nSPS) is 27.8. The molecule has 2 unspecified atom stereocenters. The Morgan fingerprint density at radius 2 is 2.07 bits per heavy atom. The van der Waals surface area contributed by atoms with E-state index in [-0.39, 0.29) is 5.92 Å². The number of rotatable bonds is 5. The Morgan fingerprint density at radius 3 is 2.69 bits per heavy atom. The lowest BCUT2D eigenvalue weighted by Gasteiger charge is -2.40. The van der Waals surface area contributed by atoms with E-state index < -0.39 is 10.0 Å². The maximum absolute atomic E-state index is 13.0. The minimum Gasteiger partial charge on any atom is -0.395 e. The van der Waals surface area contributed by atoms with Crippen molar-refractivity contribution >= 4 is 21.6 Å². The number of aryl methyl sites for hydroxylation is 1. The van der Waals surface area contributed by atoms with Crippen molar-refractivity contribution in [1.29, 1.82) is 0 Å². The van der Waals surface area contributed by atoms with Gasteiger partial charge in [0.25, 0.3) is 0 Å². The SMILES string of the molecule is Cc1cc(NC2CCC(C)(C)CC2C)ncc1S(=O)(=O)N1CC(C2=NOCC2)C1. The molecule has 4 rings (SSSR count). The van der Waals surface area contributed by atoms with Crippen LogP contribution in [-0.2, 0) is 14.9 Å². The van der Waals surface area contributed by atoms with Gasteiger partial charge >= 0.3 is 0 Å². The average Bonchev–Trinajstić information content (AvgIpc) is 3.09. The van der Waals surface area contributed by atoms with Crippen molar-refractivity contribution in [3.63, 3.8) is 0 Å². The zero-order valence-electron chi connectivity index (χ0n) is 17.8. The number of nitrogens with zero attached hydrogens (tertiary/aromatic N) is 3. The van der Waals surface area contributed by atoms with Crippen molar-refractivity contribution < 1.29 is 13.3 Å². The van der Waals surface area contributed by atoms with Crippen LogP contribution in [0.3, 0.4) is 0 Å². The molecule has 0 spiro atoms. The molecule has 1 saturated heterocycles. The lowest BCUT2D eigenvalue weighted by atomic mass is 9.70. The molecule has 1 aromatic heterocycles. The van der Waals surface area contributed by atoms with Gasteiger partial charge in [-0.1, -0.05) is 25.9 Å². The van der Waals surface area contributed by atoms with Crippen LogP contribution in [0.2, 0.25) is 0 Å². The quantitative estimate of drug-likeness (QED) is 0.789. The first-order chi connectivity index (χ1) is 13.7.